The van der Waals surface area contributed by atoms with E-state index < -0.39 is 5.97 Å². The molecule has 0 aliphatic rings. The van der Waals surface area contributed by atoms with Crippen molar-refractivity contribution in [2.45, 2.75) is 26.7 Å². The maximum Gasteiger partial charge on any atom is 0.336 e. The maximum absolute atomic E-state index is 11.8. The van der Waals surface area contributed by atoms with Crippen molar-refractivity contribution >= 4 is 17.6 Å². The molecule has 1 rings (SSSR count). The van der Waals surface area contributed by atoms with Gasteiger partial charge in [-0.3, -0.25) is 4.79 Å². The third kappa shape index (κ3) is 4.37. The molecule has 5 heteroatoms. The van der Waals surface area contributed by atoms with E-state index in [0.717, 1.165) is 6.42 Å². The molecule has 1 unspecified atom stereocenters. The number of carboxylic acids is 1. The van der Waals surface area contributed by atoms with Gasteiger partial charge in [-0.15, -0.1) is 0 Å². The molecule has 0 bridgehead atoms. The summed E-state index contributed by atoms with van der Waals surface area (Å²) >= 11 is 0. The van der Waals surface area contributed by atoms with Crippen LogP contribution in [0.3, 0.4) is 0 Å². The van der Waals surface area contributed by atoms with E-state index in [0.29, 0.717) is 30.1 Å². The van der Waals surface area contributed by atoms with Gasteiger partial charge in [0.15, 0.2) is 0 Å². The number of nitrogens with one attached hydrogen (secondary N) is 1. The van der Waals surface area contributed by atoms with Crippen molar-refractivity contribution in [3.8, 4) is 0 Å². The Morgan fingerprint density at radius 1 is 1.42 bits per heavy atom. The number of nitrogens with two attached hydrogens (primary N) is 1. The normalized spacial score (nSPS) is 11.9. The first kappa shape index (κ1) is 15.2. The van der Waals surface area contributed by atoms with Gasteiger partial charge < -0.3 is 16.2 Å². The summed E-state index contributed by atoms with van der Waals surface area (Å²) in [6, 6.07) is 4.84. The van der Waals surface area contributed by atoms with Crippen LogP contribution < -0.4 is 11.1 Å². The van der Waals surface area contributed by atoms with Gasteiger partial charge in [-0.1, -0.05) is 13.0 Å². The second-order valence-corrected chi connectivity index (χ2v) is 4.71. The number of benzene rings is 1. The van der Waals surface area contributed by atoms with Crippen LogP contribution in [-0.4, -0.2) is 23.5 Å². The lowest BCUT2D eigenvalue weighted by Gasteiger charge is -2.11. The van der Waals surface area contributed by atoms with E-state index in [1.54, 1.807) is 19.1 Å². The first-order valence-corrected chi connectivity index (χ1v) is 6.28. The minimum Gasteiger partial charge on any atom is -0.478 e. The second-order valence-electron chi connectivity index (χ2n) is 4.71. The molecule has 5 nitrogen and oxygen atoms in total. The highest BCUT2D eigenvalue weighted by Crippen LogP contribution is 2.19. The average Bonchev–Trinajstić information content (AvgIpc) is 2.38. The topological polar surface area (TPSA) is 92.4 Å². The lowest BCUT2D eigenvalue weighted by molar-refractivity contribution is -0.116. The zero-order chi connectivity index (χ0) is 14.4. The fourth-order valence-corrected chi connectivity index (χ4v) is 1.71. The molecular weight excluding hydrogens is 244 g/mol. The Balaban J connectivity index is 2.69. The molecule has 0 aliphatic heterocycles. The molecule has 0 saturated carbocycles. The molecule has 0 radical (unpaired) electrons. The van der Waals surface area contributed by atoms with Gasteiger partial charge in [0.05, 0.1) is 5.56 Å². The van der Waals surface area contributed by atoms with E-state index in [2.05, 4.69) is 5.32 Å². The van der Waals surface area contributed by atoms with Crippen molar-refractivity contribution < 1.29 is 14.7 Å². The van der Waals surface area contributed by atoms with E-state index in [9.17, 15) is 9.59 Å². The van der Waals surface area contributed by atoms with E-state index in [1.165, 1.54) is 6.07 Å². The van der Waals surface area contributed by atoms with Gasteiger partial charge in [0.2, 0.25) is 5.91 Å². The molecule has 0 saturated heterocycles. The number of carboxylic acid groups (broad SMARTS) is 1. The smallest absolute Gasteiger partial charge is 0.336 e. The Kier molecular flexibility index (Phi) is 5.51. The van der Waals surface area contributed by atoms with E-state index in [4.69, 9.17) is 10.8 Å². The van der Waals surface area contributed by atoms with Gasteiger partial charge >= 0.3 is 5.97 Å². The number of amides is 1. The molecule has 0 spiro atoms. The van der Waals surface area contributed by atoms with E-state index >= 15 is 0 Å². The summed E-state index contributed by atoms with van der Waals surface area (Å²) in [5.74, 6) is -0.812. The maximum atomic E-state index is 11.8. The summed E-state index contributed by atoms with van der Waals surface area (Å²) in [6.07, 6.45) is 1.11. The molecule has 19 heavy (non-hydrogen) atoms. The lowest BCUT2D eigenvalue weighted by Crippen LogP contribution is -2.17. The van der Waals surface area contributed by atoms with Crippen LogP contribution in [0.1, 0.15) is 35.7 Å². The number of anilines is 1. The highest BCUT2D eigenvalue weighted by atomic mass is 16.4. The van der Waals surface area contributed by atoms with Crippen molar-refractivity contribution in [3.63, 3.8) is 0 Å². The molecule has 1 atom stereocenters. The minimum absolute atomic E-state index is 0.120. The fourth-order valence-electron chi connectivity index (χ4n) is 1.71. The van der Waals surface area contributed by atoms with Crippen LogP contribution in [0.25, 0.3) is 0 Å². The third-order valence-corrected chi connectivity index (χ3v) is 3.10. The molecule has 1 amide bonds. The molecule has 104 valence electrons. The van der Waals surface area contributed by atoms with Crippen molar-refractivity contribution in [2.75, 3.05) is 11.9 Å². The van der Waals surface area contributed by atoms with Crippen LogP contribution in [0.15, 0.2) is 18.2 Å². The average molecular weight is 264 g/mol. The summed E-state index contributed by atoms with van der Waals surface area (Å²) in [4.78, 5) is 22.8. The Hall–Kier alpha value is -1.88. The van der Waals surface area contributed by atoms with E-state index in [1.807, 2.05) is 6.92 Å². The zero-order valence-corrected chi connectivity index (χ0v) is 11.3. The number of hydrogen-bond donors (Lipinski definition) is 3. The minimum atomic E-state index is -0.995. The monoisotopic (exact) mass is 264 g/mol. The van der Waals surface area contributed by atoms with Crippen molar-refractivity contribution in [3.05, 3.63) is 29.3 Å². The summed E-state index contributed by atoms with van der Waals surface area (Å²) in [5, 5.41) is 11.7. The summed E-state index contributed by atoms with van der Waals surface area (Å²) < 4.78 is 0. The second kappa shape index (κ2) is 6.89. The molecule has 1 aromatic carbocycles. The largest absolute Gasteiger partial charge is 0.478 e. The summed E-state index contributed by atoms with van der Waals surface area (Å²) in [6.45, 7) is 4.23. The standard InChI is InChI=1S/C14H20N2O3/c1-9(8-15)6-7-13(17)16-12-5-3-4-11(10(12)2)14(18)19/h3-5,9H,6-8,15H2,1-2H3,(H,16,17)(H,18,19). The van der Waals surface area contributed by atoms with Crippen LogP contribution in [-0.2, 0) is 4.79 Å². The number of hydrogen-bond acceptors (Lipinski definition) is 3. The molecule has 4 N–H and O–H groups in total. The molecule has 0 heterocycles. The SMILES string of the molecule is Cc1c(NC(=O)CCC(C)CN)cccc1C(=O)O. The number of carbonyl (C=O) groups is 2. The summed E-state index contributed by atoms with van der Waals surface area (Å²) in [7, 11) is 0. The van der Waals surface area contributed by atoms with Crippen LogP contribution in [0.4, 0.5) is 5.69 Å². The molecule has 0 aromatic heterocycles. The summed E-state index contributed by atoms with van der Waals surface area (Å²) in [5.41, 5.74) is 6.80. The quantitative estimate of drug-likeness (QED) is 0.732. The number of rotatable bonds is 6. The molecule has 0 aliphatic carbocycles. The molecule has 1 aromatic rings. The third-order valence-electron chi connectivity index (χ3n) is 3.10. The van der Waals surface area contributed by atoms with Crippen LogP contribution in [0.5, 0.6) is 0 Å². The van der Waals surface area contributed by atoms with Crippen LogP contribution in [0.2, 0.25) is 0 Å². The number of carbonyl (C=O) groups excluding carboxylic acids is 1. The molecule has 0 fully saturated rings. The van der Waals surface area contributed by atoms with Crippen molar-refractivity contribution in [2.24, 2.45) is 11.7 Å². The Morgan fingerprint density at radius 3 is 2.68 bits per heavy atom. The number of aromatic carboxylic acids is 1. The first-order valence-electron chi connectivity index (χ1n) is 6.28. The van der Waals surface area contributed by atoms with Gasteiger partial charge in [-0.05, 0) is 43.5 Å². The first-order chi connectivity index (χ1) is 8.95. The van der Waals surface area contributed by atoms with E-state index in [-0.39, 0.29) is 11.5 Å². The van der Waals surface area contributed by atoms with Gasteiger partial charge in [0, 0.05) is 12.1 Å². The van der Waals surface area contributed by atoms with Crippen LogP contribution in [0, 0.1) is 12.8 Å². The lowest BCUT2D eigenvalue weighted by atomic mass is 10.0. The van der Waals surface area contributed by atoms with Gasteiger partial charge in [0.25, 0.3) is 0 Å². The Bertz CT molecular complexity index is 472. The van der Waals surface area contributed by atoms with Crippen molar-refractivity contribution in [1.29, 1.82) is 0 Å². The predicted octanol–water partition coefficient (Wildman–Crippen LogP) is 2.01. The zero-order valence-electron chi connectivity index (χ0n) is 11.3. The predicted molar refractivity (Wildman–Crippen MR) is 74.2 cm³/mol. The Labute approximate surface area is 112 Å². The fraction of sp³-hybridized carbons (Fsp3) is 0.429. The van der Waals surface area contributed by atoms with Crippen LogP contribution >= 0.6 is 0 Å². The van der Waals surface area contributed by atoms with Crippen molar-refractivity contribution in [1.82, 2.24) is 0 Å². The van der Waals surface area contributed by atoms with Gasteiger partial charge in [-0.25, -0.2) is 4.79 Å². The molecular formula is C14H20N2O3. The van der Waals surface area contributed by atoms with Gasteiger partial charge in [0.1, 0.15) is 0 Å². The Morgan fingerprint density at radius 2 is 2.11 bits per heavy atom. The highest BCUT2D eigenvalue weighted by molar-refractivity contribution is 5.96. The highest BCUT2D eigenvalue weighted by Gasteiger charge is 2.12. The van der Waals surface area contributed by atoms with Gasteiger partial charge in [-0.2, -0.15) is 0 Å².